The van der Waals surface area contributed by atoms with Crippen LogP contribution in [0.1, 0.15) is 32.5 Å². The summed E-state index contributed by atoms with van der Waals surface area (Å²) in [5.41, 5.74) is -0.226. The van der Waals surface area contributed by atoms with Crippen molar-refractivity contribution in [1.82, 2.24) is 10.1 Å². The van der Waals surface area contributed by atoms with Crippen molar-refractivity contribution in [1.29, 1.82) is 0 Å². The van der Waals surface area contributed by atoms with Gasteiger partial charge in [0.05, 0.1) is 11.0 Å². The fourth-order valence-electron chi connectivity index (χ4n) is 1.45. The average Bonchev–Trinajstić information content (AvgIpc) is 2.85. The number of hydrogen-bond donors (Lipinski definition) is 0. The number of nitro groups is 1. The third-order valence-corrected chi connectivity index (χ3v) is 2.53. The normalized spacial score (nSPS) is 11.3. The van der Waals surface area contributed by atoms with Gasteiger partial charge in [0, 0.05) is 11.5 Å². The third-order valence-electron chi connectivity index (χ3n) is 2.53. The molecule has 0 aliphatic heterocycles. The van der Waals surface area contributed by atoms with Gasteiger partial charge >= 0.3 is 0 Å². The first-order chi connectivity index (χ1) is 9.36. The molecule has 106 valence electrons. The summed E-state index contributed by atoms with van der Waals surface area (Å²) in [5.74, 6) is 1.31. The summed E-state index contributed by atoms with van der Waals surface area (Å²) in [5, 5.41) is 14.5. The van der Waals surface area contributed by atoms with Crippen LogP contribution in [0.4, 0.5) is 5.69 Å². The minimum Gasteiger partial charge on any atom is -0.484 e. The lowest BCUT2D eigenvalue weighted by molar-refractivity contribution is -0.384. The molecule has 0 bridgehead atoms. The van der Waals surface area contributed by atoms with Gasteiger partial charge in [-0.3, -0.25) is 10.1 Å². The van der Waals surface area contributed by atoms with Crippen molar-refractivity contribution >= 4 is 5.69 Å². The van der Waals surface area contributed by atoms with Gasteiger partial charge in [-0.1, -0.05) is 32.0 Å². The largest absolute Gasteiger partial charge is 0.484 e. The minimum absolute atomic E-state index is 0.0246. The summed E-state index contributed by atoms with van der Waals surface area (Å²) in [4.78, 5) is 14.4. The standard InChI is InChI=1S/C13H15N3O4/c1-13(2,3)12-14-11(20-15-12)8-19-10-6-4-5-9(7-10)16(17)18/h4-7H,8H2,1-3H3. The highest BCUT2D eigenvalue weighted by Crippen LogP contribution is 2.21. The first-order valence-corrected chi connectivity index (χ1v) is 6.06. The number of nitro benzene ring substituents is 1. The van der Waals surface area contributed by atoms with E-state index in [4.69, 9.17) is 9.26 Å². The molecule has 0 aliphatic carbocycles. The van der Waals surface area contributed by atoms with E-state index in [9.17, 15) is 10.1 Å². The molecule has 0 saturated carbocycles. The molecular formula is C13H15N3O4. The number of nitrogens with zero attached hydrogens (tertiary/aromatic N) is 3. The first-order valence-electron chi connectivity index (χ1n) is 6.06. The lowest BCUT2D eigenvalue weighted by Gasteiger charge is -2.10. The summed E-state index contributed by atoms with van der Waals surface area (Å²) >= 11 is 0. The van der Waals surface area contributed by atoms with E-state index >= 15 is 0 Å². The van der Waals surface area contributed by atoms with Crippen LogP contribution in [0.3, 0.4) is 0 Å². The lowest BCUT2D eigenvalue weighted by atomic mass is 9.96. The Morgan fingerprint density at radius 1 is 1.40 bits per heavy atom. The fourth-order valence-corrected chi connectivity index (χ4v) is 1.45. The minimum atomic E-state index is -0.475. The van der Waals surface area contributed by atoms with E-state index in [1.54, 1.807) is 12.1 Å². The Morgan fingerprint density at radius 3 is 2.75 bits per heavy atom. The van der Waals surface area contributed by atoms with Gasteiger partial charge in [-0.15, -0.1) is 0 Å². The van der Waals surface area contributed by atoms with E-state index in [1.807, 2.05) is 20.8 Å². The maximum atomic E-state index is 10.7. The molecule has 2 rings (SSSR count). The van der Waals surface area contributed by atoms with Crippen molar-refractivity contribution in [3.8, 4) is 5.75 Å². The van der Waals surface area contributed by atoms with Crippen LogP contribution in [0.5, 0.6) is 5.75 Å². The molecule has 1 heterocycles. The van der Waals surface area contributed by atoms with Crippen molar-refractivity contribution < 1.29 is 14.2 Å². The third kappa shape index (κ3) is 3.31. The molecule has 0 radical (unpaired) electrons. The van der Waals surface area contributed by atoms with Gasteiger partial charge in [0.25, 0.3) is 11.6 Å². The number of rotatable bonds is 4. The summed E-state index contributed by atoms with van der Waals surface area (Å²) < 4.78 is 10.5. The monoisotopic (exact) mass is 277 g/mol. The molecule has 0 spiro atoms. The zero-order valence-corrected chi connectivity index (χ0v) is 11.5. The molecule has 2 aromatic rings. The Kier molecular flexibility index (Phi) is 3.69. The van der Waals surface area contributed by atoms with Gasteiger partial charge in [0.15, 0.2) is 12.4 Å². The Morgan fingerprint density at radius 2 is 2.15 bits per heavy atom. The van der Waals surface area contributed by atoms with Crippen LogP contribution < -0.4 is 4.74 Å². The first kappa shape index (κ1) is 14.0. The van der Waals surface area contributed by atoms with Crippen LogP contribution in [0, 0.1) is 10.1 Å². The Balaban J connectivity index is 2.04. The number of hydrogen-bond acceptors (Lipinski definition) is 6. The smallest absolute Gasteiger partial charge is 0.273 e. The average molecular weight is 277 g/mol. The molecule has 0 amide bonds. The molecular weight excluding hydrogens is 262 g/mol. The molecule has 7 heteroatoms. The number of non-ortho nitro benzene ring substituents is 1. The molecule has 20 heavy (non-hydrogen) atoms. The van der Waals surface area contributed by atoms with Gasteiger partial charge in [0.2, 0.25) is 0 Å². The van der Waals surface area contributed by atoms with Crippen LogP contribution >= 0.6 is 0 Å². The van der Waals surface area contributed by atoms with Crippen molar-refractivity contribution in [2.45, 2.75) is 32.8 Å². The molecule has 0 atom stereocenters. The predicted molar refractivity (Wildman–Crippen MR) is 70.4 cm³/mol. The van der Waals surface area contributed by atoms with Gasteiger partial charge in [-0.2, -0.15) is 4.98 Å². The topological polar surface area (TPSA) is 91.3 Å². The number of aromatic nitrogens is 2. The molecule has 0 aliphatic rings. The van der Waals surface area contributed by atoms with E-state index in [-0.39, 0.29) is 17.7 Å². The van der Waals surface area contributed by atoms with E-state index in [1.165, 1.54) is 12.1 Å². The second kappa shape index (κ2) is 5.28. The molecule has 0 fully saturated rings. The Labute approximate surface area is 115 Å². The molecule has 0 saturated heterocycles. The van der Waals surface area contributed by atoms with E-state index in [0.717, 1.165) is 0 Å². The molecule has 0 N–H and O–H groups in total. The van der Waals surface area contributed by atoms with Crippen molar-refractivity contribution in [2.75, 3.05) is 0 Å². The zero-order chi connectivity index (χ0) is 14.8. The van der Waals surface area contributed by atoms with Crippen LogP contribution in [0.15, 0.2) is 28.8 Å². The van der Waals surface area contributed by atoms with Crippen LogP contribution in [0.2, 0.25) is 0 Å². The summed E-state index contributed by atoms with van der Waals surface area (Å²) in [6, 6.07) is 5.94. The summed E-state index contributed by atoms with van der Waals surface area (Å²) in [6.45, 7) is 6.00. The van der Waals surface area contributed by atoms with Gasteiger partial charge < -0.3 is 9.26 Å². The van der Waals surface area contributed by atoms with Crippen LogP contribution in [-0.4, -0.2) is 15.1 Å². The van der Waals surface area contributed by atoms with Crippen molar-refractivity contribution in [2.24, 2.45) is 0 Å². The van der Waals surface area contributed by atoms with Crippen LogP contribution in [0.25, 0.3) is 0 Å². The highest BCUT2D eigenvalue weighted by Gasteiger charge is 2.21. The van der Waals surface area contributed by atoms with Gasteiger partial charge in [0.1, 0.15) is 5.75 Å². The lowest BCUT2D eigenvalue weighted by Crippen LogP contribution is -2.13. The summed E-state index contributed by atoms with van der Waals surface area (Å²) in [6.07, 6.45) is 0. The fraction of sp³-hybridized carbons (Fsp3) is 0.385. The van der Waals surface area contributed by atoms with Crippen LogP contribution in [-0.2, 0) is 12.0 Å². The van der Waals surface area contributed by atoms with Gasteiger partial charge in [-0.05, 0) is 6.07 Å². The second-order valence-electron chi connectivity index (χ2n) is 5.30. The highest BCUT2D eigenvalue weighted by atomic mass is 16.6. The molecule has 1 aromatic carbocycles. The molecule has 1 aromatic heterocycles. The van der Waals surface area contributed by atoms with E-state index in [2.05, 4.69) is 10.1 Å². The van der Waals surface area contributed by atoms with E-state index in [0.29, 0.717) is 17.5 Å². The second-order valence-corrected chi connectivity index (χ2v) is 5.30. The number of benzene rings is 1. The van der Waals surface area contributed by atoms with Crippen molar-refractivity contribution in [3.05, 3.63) is 46.1 Å². The van der Waals surface area contributed by atoms with Crippen molar-refractivity contribution in [3.63, 3.8) is 0 Å². The van der Waals surface area contributed by atoms with E-state index < -0.39 is 4.92 Å². The molecule has 7 nitrogen and oxygen atoms in total. The Bertz CT molecular complexity index is 616. The SMILES string of the molecule is CC(C)(C)c1noc(COc2cccc([N+](=O)[O-])c2)n1. The quantitative estimate of drug-likeness (QED) is 0.630. The molecule has 0 unspecified atom stereocenters. The Hall–Kier alpha value is -2.44. The maximum absolute atomic E-state index is 10.7. The van der Waals surface area contributed by atoms with Gasteiger partial charge in [-0.25, -0.2) is 0 Å². The summed E-state index contributed by atoms with van der Waals surface area (Å²) in [7, 11) is 0. The zero-order valence-electron chi connectivity index (χ0n) is 11.5. The highest BCUT2D eigenvalue weighted by molar-refractivity contribution is 5.37. The number of ether oxygens (including phenoxy) is 1. The maximum Gasteiger partial charge on any atom is 0.273 e. The predicted octanol–water partition coefficient (Wildman–Crippen LogP) is 2.85.